The Bertz CT molecular complexity index is 945. The van der Waals surface area contributed by atoms with E-state index in [1.54, 1.807) is 27.8 Å². The molecule has 2 heterocycles. The van der Waals surface area contributed by atoms with E-state index in [0.717, 1.165) is 34.7 Å². The van der Waals surface area contributed by atoms with Crippen molar-refractivity contribution in [3.8, 4) is 0 Å². The zero-order valence-corrected chi connectivity index (χ0v) is 18.2. The molecule has 1 aliphatic rings. The Morgan fingerprint density at radius 3 is 2.61 bits per heavy atom. The summed E-state index contributed by atoms with van der Waals surface area (Å²) in [6.07, 6.45) is 1.99. The van der Waals surface area contributed by atoms with Crippen molar-refractivity contribution in [1.29, 1.82) is 0 Å². The molecule has 152 valence electrons. The van der Waals surface area contributed by atoms with E-state index < -0.39 is 10.0 Å². The van der Waals surface area contributed by atoms with Gasteiger partial charge in [-0.25, -0.2) is 13.4 Å². The van der Waals surface area contributed by atoms with Gasteiger partial charge in [0.15, 0.2) is 0 Å². The molecule has 1 amide bonds. The Labute approximate surface area is 171 Å². The van der Waals surface area contributed by atoms with Crippen molar-refractivity contribution in [3.05, 3.63) is 45.4 Å². The van der Waals surface area contributed by atoms with Crippen molar-refractivity contribution in [1.82, 2.24) is 14.6 Å². The number of aryl methyl sites for hydroxylation is 2. The lowest BCUT2D eigenvalue weighted by Gasteiger charge is -2.30. The lowest BCUT2D eigenvalue weighted by molar-refractivity contribution is -0.120. The number of carbonyl (C=O) groups is 1. The molecule has 1 aliphatic heterocycles. The maximum absolute atomic E-state index is 12.9. The first-order chi connectivity index (χ1) is 13.3. The van der Waals surface area contributed by atoms with E-state index in [9.17, 15) is 13.2 Å². The van der Waals surface area contributed by atoms with Gasteiger partial charge in [0.1, 0.15) is 0 Å². The second-order valence-electron chi connectivity index (χ2n) is 7.23. The summed E-state index contributed by atoms with van der Waals surface area (Å²) in [4.78, 5) is 16.4. The third kappa shape index (κ3) is 4.61. The number of amides is 1. The van der Waals surface area contributed by atoms with E-state index in [4.69, 9.17) is 0 Å². The van der Waals surface area contributed by atoms with Crippen molar-refractivity contribution in [3.63, 3.8) is 0 Å². The number of hydrogen-bond donors (Lipinski definition) is 1. The van der Waals surface area contributed by atoms with Crippen LogP contribution in [0.5, 0.6) is 0 Å². The Balaban J connectivity index is 1.62. The summed E-state index contributed by atoms with van der Waals surface area (Å²) in [6.45, 7) is 7.18. The Kier molecular flexibility index (Phi) is 6.52. The number of piperidine rings is 1. The minimum atomic E-state index is -3.45. The average Bonchev–Trinajstić information content (AvgIpc) is 3.17. The lowest BCUT2D eigenvalue weighted by atomic mass is 9.99. The number of nitrogens with one attached hydrogen (secondary N) is 1. The minimum absolute atomic E-state index is 0.0133. The third-order valence-corrected chi connectivity index (χ3v) is 8.23. The molecule has 1 N–H and O–H groups in total. The highest BCUT2D eigenvalue weighted by Gasteiger charge is 2.31. The second-order valence-corrected chi connectivity index (χ2v) is 10.1. The summed E-state index contributed by atoms with van der Waals surface area (Å²) < 4.78 is 27.5. The number of hydrogen-bond acceptors (Lipinski definition) is 5. The van der Waals surface area contributed by atoms with Crippen LogP contribution in [0, 0.1) is 13.8 Å². The van der Waals surface area contributed by atoms with E-state index in [-0.39, 0.29) is 11.8 Å². The van der Waals surface area contributed by atoms with Crippen LogP contribution in [0.4, 0.5) is 0 Å². The number of thiazole rings is 1. The van der Waals surface area contributed by atoms with E-state index in [1.807, 2.05) is 32.2 Å². The van der Waals surface area contributed by atoms with E-state index in [1.165, 1.54) is 0 Å². The maximum Gasteiger partial charge on any atom is 0.243 e. The lowest BCUT2D eigenvalue weighted by Crippen LogP contribution is -2.37. The molecule has 1 aromatic heterocycles. The number of aromatic nitrogens is 1. The van der Waals surface area contributed by atoms with Crippen LogP contribution in [0.1, 0.15) is 53.9 Å². The van der Waals surface area contributed by atoms with Gasteiger partial charge in [0.2, 0.25) is 15.9 Å². The van der Waals surface area contributed by atoms with Crippen LogP contribution in [-0.2, 0) is 21.4 Å². The third-order valence-electron chi connectivity index (χ3n) is 5.28. The summed E-state index contributed by atoms with van der Waals surface area (Å²) in [7, 11) is -3.45. The Morgan fingerprint density at radius 1 is 1.25 bits per heavy atom. The van der Waals surface area contributed by atoms with Crippen molar-refractivity contribution < 1.29 is 13.2 Å². The molecule has 0 atom stereocenters. The molecule has 0 unspecified atom stereocenters. The van der Waals surface area contributed by atoms with E-state index in [0.29, 0.717) is 31.0 Å². The van der Waals surface area contributed by atoms with E-state index >= 15 is 0 Å². The van der Waals surface area contributed by atoms with Crippen LogP contribution >= 0.6 is 11.3 Å². The quantitative estimate of drug-likeness (QED) is 0.776. The molecule has 1 aromatic carbocycles. The zero-order valence-electron chi connectivity index (χ0n) is 16.6. The maximum atomic E-state index is 12.9. The van der Waals surface area contributed by atoms with E-state index in [2.05, 4.69) is 10.3 Å². The van der Waals surface area contributed by atoms with Crippen molar-refractivity contribution >= 4 is 27.3 Å². The molecule has 0 radical (unpaired) electrons. The fraction of sp³-hybridized carbons (Fsp3) is 0.500. The summed E-state index contributed by atoms with van der Waals surface area (Å²) in [5, 5.41) is 5.84. The Hall–Kier alpha value is -1.77. The van der Waals surface area contributed by atoms with Gasteiger partial charge in [-0.2, -0.15) is 4.31 Å². The van der Waals surface area contributed by atoms with Gasteiger partial charge in [-0.05, 0) is 49.9 Å². The highest BCUT2D eigenvalue weighted by atomic mass is 32.2. The average molecular weight is 422 g/mol. The molecule has 0 bridgehead atoms. The van der Waals surface area contributed by atoms with Gasteiger partial charge in [-0.15, -0.1) is 11.3 Å². The predicted octanol–water partition coefficient (Wildman–Crippen LogP) is 3.35. The molecule has 0 aliphatic carbocycles. The first-order valence-electron chi connectivity index (χ1n) is 9.59. The first-order valence-corrected chi connectivity index (χ1v) is 11.9. The summed E-state index contributed by atoms with van der Waals surface area (Å²) in [5.74, 6) is 0.284. The van der Waals surface area contributed by atoms with Gasteiger partial charge in [-0.3, -0.25) is 4.79 Å². The number of rotatable bonds is 6. The highest BCUT2D eigenvalue weighted by molar-refractivity contribution is 7.89. The minimum Gasteiger partial charge on any atom is -0.350 e. The fourth-order valence-electron chi connectivity index (χ4n) is 3.27. The zero-order chi connectivity index (χ0) is 20.3. The smallest absolute Gasteiger partial charge is 0.243 e. The molecular formula is C20H27N3O3S2. The van der Waals surface area contributed by atoms with Crippen LogP contribution < -0.4 is 5.32 Å². The van der Waals surface area contributed by atoms with Crippen molar-refractivity contribution in [2.75, 3.05) is 13.1 Å². The fourth-order valence-corrected chi connectivity index (χ4v) is 5.82. The van der Waals surface area contributed by atoms with Crippen LogP contribution in [0.2, 0.25) is 0 Å². The molecule has 28 heavy (non-hydrogen) atoms. The van der Waals surface area contributed by atoms with Crippen LogP contribution in [0.3, 0.4) is 0 Å². The molecule has 8 heteroatoms. The second kappa shape index (κ2) is 8.71. The first kappa shape index (κ1) is 21.0. The predicted molar refractivity (Wildman–Crippen MR) is 111 cm³/mol. The van der Waals surface area contributed by atoms with Gasteiger partial charge in [-0.1, -0.05) is 13.0 Å². The Morgan fingerprint density at radius 2 is 1.96 bits per heavy atom. The topological polar surface area (TPSA) is 79.4 Å². The molecule has 1 fully saturated rings. The number of benzene rings is 1. The largest absolute Gasteiger partial charge is 0.350 e. The normalized spacial score (nSPS) is 16.2. The molecule has 6 nitrogen and oxygen atoms in total. The molecule has 3 rings (SSSR count). The van der Waals surface area contributed by atoms with Gasteiger partial charge in [0, 0.05) is 30.8 Å². The molecule has 0 saturated carbocycles. The van der Waals surface area contributed by atoms with Crippen LogP contribution in [-0.4, -0.2) is 36.7 Å². The van der Waals surface area contributed by atoms with Crippen LogP contribution in [0.25, 0.3) is 0 Å². The van der Waals surface area contributed by atoms with Gasteiger partial charge in [0.25, 0.3) is 0 Å². The molecule has 2 aromatic rings. The number of carbonyl (C=O) groups excluding carboxylic acids is 1. The standard InChI is InChI=1S/C20H27N3O3S2/c1-4-19(24)21-12-17-13-27-20(22-17)16-7-9-23(10-8-16)28(25,26)18-6-5-14(2)15(3)11-18/h5-6,11,13,16H,4,7-10,12H2,1-3H3,(H,21,24). The van der Waals surface area contributed by atoms with Crippen molar-refractivity contribution in [2.45, 2.75) is 57.4 Å². The molecule has 1 saturated heterocycles. The molecule has 0 spiro atoms. The monoisotopic (exact) mass is 421 g/mol. The summed E-state index contributed by atoms with van der Waals surface area (Å²) in [5.41, 5.74) is 2.95. The van der Waals surface area contributed by atoms with Gasteiger partial charge < -0.3 is 5.32 Å². The summed E-state index contributed by atoms with van der Waals surface area (Å²) in [6, 6.07) is 5.32. The van der Waals surface area contributed by atoms with Gasteiger partial charge in [0.05, 0.1) is 22.1 Å². The number of nitrogens with zero attached hydrogens (tertiary/aromatic N) is 2. The van der Waals surface area contributed by atoms with Gasteiger partial charge >= 0.3 is 0 Å². The van der Waals surface area contributed by atoms with Crippen LogP contribution in [0.15, 0.2) is 28.5 Å². The SMILES string of the molecule is CCC(=O)NCc1csc(C2CCN(S(=O)(=O)c3ccc(C)c(C)c3)CC2)n1. The highest BCUT2D eigenvalue weighted by Crippen LogP contribution is 2.32. The van der Waals surface area contributed by atoms with Crippen molar-refractivity contribution in [2.24, 2.45) is 0 Å². The summed E-state index contributed by atoms with van der Waals surface area (Å²) >= 11 is 1.59. The molecular weight excluding hydrogens is 394 g/mol. The number of sulfonamides is 1.